The van der Waals surface area contributed by atoms with Crippen molar-refractivity contribution in [2.24, 2.45) is 17.3 Å². The van der Waals surface area contributed by atoms with Gasteiger partial charge in [0.05, 0.1) is 5.97 Å². The molecule has 0 radical (unpaired) electrons. The summed E-state index contributed by atoms with van der Waals surface area (Å²) in [5.74, 6) is -3.86. The Bertz CT molecular complexity index is 491. The van der Waals surface area contributed by atoms with E-state index in [0.29, 0.717) is 0 Å². The smallest absolute Gasteiger partial charge is 0.549 e. The summed E-state index contributed by atoms with van der Waals surface area (Å²) in [4.78, 5) is 22.9. The molecule has 0 aromatic heterocycles. The van der Waals surface area contributed by atoms with E-state index in [-0.39, 0.29) is 140 Å². The molecule has 7 nitrogen and oxygen atoms in total. The molecule has 0 aromatic carbocycles. The van der Waals surface area contributed by atoms with E-state index in [9.17, 15) is 32.8 Å². The molecular weight excluding hydrogens is 390 g/mol. The third-order valence-electron chi connectivity index (χ3n) is 3.76. The van der Waals surface area contributed by atoms with Crippen LogP contribution in [0.3, 0.4) is 0 Å². The summed E-state index contributed by atoms with van der Waals surface area (Å²) in [5.41, 5.74) is -2.21. The van der Waals surface area contributed by atoms with Crippen molar-refractivity contribution in [2.45, 2.75) is 58.6 Å². The SMILES string of the molecule is CC(C)CCC(CCC(C)C)(C(=O)[O-])C(C(=O)[O-])S(=O)(=O)O.[K+].[K+]. The summed E-state index contributed by atoms with van der Waals surface area (Å²) in [7, 11) is -5.15. The van der Waals surface area contributed by atoms with Crippen molar-refractivity contribution in [3.05, 3.63) is 0 Å². The molecule has 1 N–H and O–H groups in total. The van der Waals surface area contributed by atoms with Crippen molar-refractivity contribution in [3.8, 4) is 0 Å². The average Bonchev–Trinajstić information content (AvgIpc) is 2.29. The van der Waals surface area contributed by atoms with E-state index in [2.05, 4.69) is 0 Å². The van der Waals surface area contributed by atoms with Gasteiger partial charge in [0.2, 0.25) is 0 Å². The van der Waals surface area contributed by atoms with Crippen LogP contribution in [-0.4, -0.2) is 30.2 Å². The Labute approximate surface area is 229 Å². The molecule has 0 amide bonds. The van der Waals surface area contributed by atoms with Gasteiger partial charge in [0.1, 0.15) is 5.25 Å². The molecule has 0 rings (SSSR count). The molecule has 0 fully saturated rings. The van der Waals surface area contributed by atoms with Crippen molar-refractivity contribution in [3.63, 3.8) is 0 Å². The number of hydrogen-bond donors (Lipinski definition) is 1. The summed E-state index contributed by atoms with van der Waals surface area (Å²) in [5, 5.41) is 20.4. The van der Waals surface area contributed by atoms with Gasteiger partial charge in [-0.25, -0.2) is 0 Å². The van der Waals surface area contributed by atoms with E-state index in [0.717, 1.165) is 0 Å². The van der Waals surface area contributed by atoms with E-state index in [1.807, 2.05) is 0 Å². The largest absolute Gasteiger partial charge is 1.00 e. The quantitative estimate of drug-likeness (QED) is 0.277. The molecule has 1 atom stereocenters. The fourth-order valence-corrected chi connectivity index (χ4v) is 3.57. The van der Waals surface area contributed by atoms with Crippen molar-refractivity contribution in [2.75, 3.05) is 0 Å². The molecule has 0 bridgehead atoms. The predicted octanol–water partition coefficient (Wildman–Crippen LogP) is -6.39. The first-order valence-electron chi connectivity index (χ1n) is 7.23. The zero-order valence-electron chi connectivity index (χ0n) is 15.4. The van der Waals surface area contributed by atoms with Crippen molar-refractivity contribution < 1.29 is 136 Å². The van der Waals surface area contributed by atoms with Gasteiger partial charge in [-0.3, -0.25) is 4.55 Å². The van der Waals surface area contributed by atoms with Gasteiger partial charge in [0, 0.05) is 11.4 Å². The predicted molar refractivity (Wildman–Crippen MR) is 75.9 cm³/mol. The van der Waals surface area contributed by atoms with Gasteiger partial charge < -0.3 is 19.8 Å². The summed E-state index contributed by atoms with van der Waals surface area (Å²) in [6, 6.07) is 0. The van der Waals surface area contributed by atoms with Crippen LogP contribution in [-0.2, 0) is 19.7 Å². The Morgan fingerprint density at radius 3 is 1.46 bits per heavy atom. The van der Waals surface area contributed by atoms with Crippen molar-refractivity contribution in [1.82, 2.24) is 0 Å². The molecule has 130 valence electrons. The molecule has 1 unspecified atom stereocenters. The Balaban J connectivity index is -0.00000220. The van der Waals surface area contributed by atoms with E-state index in [1.54, 1.807) is 27.7 Å². The number of carbonyl (C=O) groups excluding carboxylic acids is 2. The molecule has 0 aliphatic rings. The van der Waals surface area contributed by atoms with Crippen LogP contribution < -0.4 is 113 Å². The molecule has 10 heteroatoms. The van der Waals surface area contributed by atoms with Gasteiger partial charge in [-0.2, -0.15) is 8.42 Å². The molecule has 0 aliphatic heterocycles. The number of rotatable bonds is 10. The number of aliphatic carboxylic acids is 2. The molecule has 0 aliphatic carbocycles. The minimum absolute atomic E-state index is 0. The maximum atomic E-state index is 11.7. The van der Waals surface area contributed by atoms with Crippen LogP contribution in [0.15, 0.2) is 0 Å². The normalized spacial score (nSPS) is 13.1. The monoisotopic (exact) mass is 414 g/mol. The first kappa shape index (κ1) is 30.8. The molecule has 0 aromatic rings. The van der Waals surface area contributed by atoms with Crippen LogP contribution in [0.5, 0.6) is 0 Å². The topological polar surface area (TPSA) is 135 Å². The van der Waals surface area contributed by atoms with E-state index in [1.165, 1.54) is 0 Å². The van der Waals surface area contributed by atoms with E-state index < -0.39 is 32.7 Å². The van der Waals surface area contributed by atoms with Gasteiger partial charge in [-0.05, 0) is 24.7 Å². The van der Waals surface area contributed by atoms with E-state index >= 15 is 0 Å². The second kappa shape index (κ2) is 13.3. The molecular formula is C14H24K2O7S. The number of carboxylic acids is 2. The molecule has 0 saturated carbocycles. The van der Waals surface area contributed by atoms with Gasteiger partial charge in [0.25, 0.3) is 10.1 Å². The number of carbonyl (C=O) groups is 2. The Morgan fingerprint density at radius 1 is 0.958 bits per heavy atom. The zero-order chi connectivity index (χ0) is 17.7. The number of hydrogen-bond acceptors (Lipinski definition) is 6. The Kier molecular flexibility index (Phi) is 17.1. The third-order valence-corrected chi connectivity index (χ3v) is 5.00. The Morgan fingerprint density at radius 2 is 1.29 bits per heavy atom. The molecule has 0 saturated heterocycles. The van der Waals surface area contributed by atoms with E-state index in [4.69, 9.17) is 0 Å². The average molecular weight is 415 g/mol. The third kappa shape index (κ3) is 9.88. The summed E-state index contributed by atoms with van der Waals surface area (Å²) in [6.07, 6.45) is 0.118. The maximum Gasteiger partial charge on any atom is 1.00 e. The standard InChI is InChI=1S/C14H26O7S.2K/c1-9(2)5-7-14(13(17)18,8-6-10(3)4)11(12(15)16)22(19,20)21;;/h9-11H,5-8H2,1-4H3,(H,15,16)(H,17,18)(H,19,20,21);;/q;2*+1/p-2. The van der Waals surface area contributed by atoms with Crippen LogP contribution in [0.1, 0.15) is 53.4 Å². The first-order valence-corrected chi connectivity index (χ1v) is 8.73. The maximum absolute atomic E-state index is 11.7. The second-order valence-electron chi connectivity index (χ2n) is 6.52. The molecule has 0 heterocycles. The van der Waals surface area contributed by atoms with Gasteiger partial charge in [-0.15, -0.1) is 0 Å². The van der Waals surface area contributed by atoms with Crippen molar-refractivity contribution in [1.29, 1.82) is 0 Å². The summed E-state index contributed by atoms with van der Waals surface area (Å²) >= 11 is 0. The molecule has 0 spiro atoms. The van der Waals surface area contributed by atoms with Crippen LogP contribution >= 0.6 is 0 Å². The summed E-state index contributed by atoms with van der Waals surface area (Å²) in [6.45, 7) is 7.18. The minimum Gasteiger partial charge on any atom is -0.549 e. The Hall–Kier alpha value is 2.12. The van der Waals surface area contributed by atoms with Gasteiger partial charge in [-0.1, -0.05) is 40.5 Å². The number of carboxylic acid groups (broad SMARTS) is 2. The fourth-order valence-electron chi connectivity index (χ4n) is 2.42. The minimum atomic E-state index is -5.15. The zero-order valence-corrected chi connectivity index (χ0v) is 22.4. The van der Waals surface area contributed by atoms with Gasteiger partial charge >= 0.3 is 103 Å². The van der Waals surface area contributed by atoms with Crippen LogP contribution in [0.25, 0.3) is 0 Å². The van der Waals surface area contributed by atoms with Crippen LogP contribution in [0.2, 0.25) is 0 Å². The second-order valence-corrected chi connectivity index (χ2v) is 8.02. The fraction of sp³-hybridized carbons (Fsp3) is 0.857. The van der Waals surface area contributed by atoms with Crippen LogP contribution in [0, 0.1) is 17.3 Å². The van der Waals surface area contributed by atoms with Gasteiger partial charge in [0.15, 0.2) is 0 Å². The first-order chi connectivity index (χ1) is 9.84. The van der Waals surface area contributed by atoms with Crippen LogP contribution in [0.4, 0.5) is 0 Å². The summed E-state index contributed by atoms with van der Waals surface area (Å²) < 4.78 is 32.1. The van der Waals surface area contributed by atoms with Crippen molar-refractivity contribution >= 4 is 22.1 Å². The molecule has 24 heavy (non-hydrogen) atoms.